The second-order valence-electron chi connectivity index (χ2n) is 3.27. The van der Waals surface area contributed by atoms with E-state index in [9.17, 15) is 5.11 Å². The van der Waals surface area contributed by atoms with Gasteiger partial charge < -0.3 is 14.6 Å². The van der Waals surface area contributed by atoms with Gasteiger partial charge in [-0.05, 0) is 12.8 Å². The summed E-state index contributed by atoms with van der Waals surface area (Å²) < 4.78 is 10.7. The molecule has 3 nitrogen and oxygen atoms in total. The molecule has 0 bridgehead atoms. The van der Waals surface area contributed by atoms with Gasteiger partial charge in [-0.3, -0.25) is 0 Å². The molecule has 1 N–H and O–H groups in total. The van der Waals surface area contributed by atoms with Crippen molar-refractivity contribution < 1.29 is 14.6 Å². The zero-order chi connectivity index (χ0) is 7.68. The second kappa shape index (κ2) is 3.09. The van der Waals surface area contributed by atoms with Crippen LogP contribution in [0.15, 0.2) is 0 Å². The highest BCUT2D eigenvalue weighted by Gasteiger charge is 2.35. The number of ether oxygens (including phenoxy) is 2. The fourth-order valence-corrected chi connectivity index (χ4v) is 1.91. The van der Waals surface area contributed by atoms with Crippen molar-refractivity contribution in [2.75, 3.05) is 13.2 Å². The van der Waals surface area contributed by atoms with Crippen LogP contribution < -0.4 is 0 Å². The van der Waals surface area contributed by atoms with Crippen LogP contribution in [0.5, 0.6) is 0 Å². The highest BCUT2D eigenvalue weighted by molar-refractivity contribution is 4.80. The summed E-state index contributed by atoms with van der Waals surface area (Å²) in [7, 11) is 0. The first-order chi connectivity index (χ1) is 5.38. The summed E-state index contributed by atoms with van der Waals surface area (Å²) in [5.74, 6) is 0.234. The molecule has 3 heteroatoms. The van der Waals surface area contributed by atoms with Crippen molar-refractivity contribution in [3.63, 3.8) is 0 Å². The van der Waals surface area contributed by atoms with E-state index in [0.29, 0.717) is 13.2 Å². The third kappa shape index (κ3) is 1.41. The van der Waals surface area contributed by atoms with Crippen LogP contribution in [-0.4, -0.2) is 30.7 Å². The van der Waals surface area contributed by atoms with Gasteiger partial charge in [-0.2, -0.15) is 0 Å². The van der Waals surface area contributed by atoms with Crippen molar-refractivity contribution in [1.82, 2.24) is 0 Å². The van der Waals surface area contributed by atoms with E-state index in [4.69, 9.17) is 9.47 Å². The maximum atomic E-state index is 9.49. The predicted molar refractivity (Wildman–Crippen MR) is 39.0 cm³/mol. The molecule has 0 aromatic rings. The monoisotopic (exact) mass is 158 g/mol. The molecule has 0 spiro atoms. The van der Waals surface area contributed by atoms with Crippen LogP contribution in [0.2, 0.25) is 0 Å². The van der Waals surface area contributed by atoms with Gasteiger partial charge in [-0.1, -0.05) is 6.42 Å². The van der Waals surface area contributed by atoms with Crippen LogP contribution in [0.4, 0.5) is 0 Å². The van der Waals surface area contributed by atoms with Crippen LogP contribution in [0.25, 0.3) is 0 Å². The molecule has 0 radical (unpaired) electrons. The van der Waals surface area contributed by atoms with Crippen LogP contribution in [0.1, 0.15) is 19.3 Å². The number of rotatable bonds is 1. The van der Waals surface area contributed by atoms with Crippen LogP contribution >= 0.6 is 0 Å². The van der Waals surface area contributed by atoms with Crippen molar-refractivity contribution in [3.8, 4) is 0 Å². The van der Waals surface area contributed by atoms with Gasteiger partial charge in [-0.25, -0.2) is 0 Å². The first-order valence-corrected chi connectivity index (χ1v) is 4.29. The molecule has 2 atom stereocenters. The quantitative estimate of drug-likeness (QED) is 0.604. The molecule has 2 unspecified atom stereocenters. The molecule has 2 aliphatic rings. The standard InChI is InChI=1S/C8H14O3/c9-7-3-1-2-6(7)8-10-4-5-11-8/h6-9H,1-5H2. The minimum atomic E-state index is -0.196. The van der Waals surface area contributed by atoms with E-state index >= 15 is 0 Å². The third-order valence-corrected chi connectivity index (χ3v) is 2.53. The number of hydrogen-bond donors (Lipinski definition) is 1. The van der Waals surface area contributed by atoms with Gasteiger partial charge in [0.25, 0.3) is 0 Å². The van der Waals surface area contributed by atoms with Crippen LogP contribution in [0.3, 0.4) is 0 Å². The van der Waals surface area contributed by atoms with E-state index in [-0.39, 0.29) is 18.3 Å². The topological polar surface area (TPSA) is 38.7 Å². The van der Waals surface area contributed by atoms with Crippen molar-refractivity contribution in [2.24, 2.45) is 5.92 Å². The SMILES string of the molecule is OC1CCCC1C1OCCO1. The molecular formula is C8H14O3. The molecule has 11 heavy (non-hydrogen) atoms. The maximum absolute atomic E-state index is 9.49. The Labute approximate surface area is 66.3 Å². The lowest BCUT2D eigenvalue weighted by molar-refractivity contribution is -0.107. The molecule has 0 aromatic heterocycles. The molecule has 1 aliphatic carbocycles. The summed E-state index contributed by atoms with van der Waals surface area (Å²) in [6.45, 7) is 1.38. The lowest BCUT2D eigenvalue weighted by atomic mass is 10.1. The van der Waals surface area contributed by atoms with E-state index in [1.54, 1.807) is 0 Å². The van der Waals surface area contributed by atoms with Gasteiger partial charge in [-0.15, -0.1) is 0 Å². The Morgan fingerprint density at radius 2 is 1.82 bits per heavy atom. The zero-order valence-corrected chi connectivity index (χ0v) is 6.53. The Bertz CT molecular complexity index is 131. The van der Waals surface area contributed by atoms with Crippen LogP contribution in [-0.2, 0) is 9.47 Å². The van der Waals surface area contributed by atoms with Crippen molar-refractivity contribution >= 4 is 0 Å². The average molecular weight is 158 g/mol. The molecule has 1 saturated carbocycles. The molecule has 0 amide bonds. The maximum Gasteiger partial charge on any atom is 0.163 e. The van der Waals surface area contributed by atoms with Crippen molar-refractivity contribution in [3.05, 3.63) is 0 Å². The smallest absolute Gasteiger partial charge is 0.163 e. The number of hydrogen-bond acceptors (Lipinski definition) is 3. The molecule has 1 saturated heterocycles. The molecule has 2 rings (SSSR count). The second-order valence-corrected chi connectivity index (χ2v) is 3.27. The Morgan fingerprint density at radius 1 is 1.09 bits per heavy atom. The minimum absolute atomic E-state index is 0.118. The van der Waals surface area contributed by atoms with Gasteiger partial charge >= 0.3 is 0 Å². The fraction of sp³-hybridized carbons (Fsp3) is 1.00. The van der Waals surface area contributed by atoms with Crippen molar-refractivity contribution in [2.45, 2.75) is 31.7 Å². The highest BCUT2D eigenvalue weighted by Crippen LogP contribution is 2.31. The van der Waals surface area contributed by atoms with Gasteiger partial charge in [0.2, 0.25) is 0 Å². The van der Waals surface area contributed by atoms with E-state index < -0.39 is 0 Å². The predicted octanol–water partition coefficient (Wildman–Crippen LogP) is 0.520. The highest BCUT2D eigenvalue weighted by atomic mass is 16.7. The first-order valence-electron chi connectivity index (χ1n) is 4.29. The molecule has 64 valence electrons. The van der Waals surface area contributed by atoms with Gasteiger partial charge in [0.05, 0.1) is 19.3 Å². The first kappa shape index (κ1) is 7.53. The summed E-state index contributed by atoms with van der Waals surface area (Å²) in [5.41, 5.74) is 0. The number of aliphatic hydroxyl groups is 1. The summed E-state index contributed by atoms with van der Waals surface area (Å²) in [6.07, 6.45) is 2.75. The molecule has 1 aliphatic heterocycles. The van der Waals surface area contributed by atoms with Crippen molar-refractivity contribution in [1.29, 1.82) is 0 Å². The summed E-state index contributed by atoms with van der Waals surface area (Å²) in [4.78, 5) is 0. The third-order valence-electron chi connectivity index (χ3n) is 2.53. The average Bonchev–Trinajstić information content (AvgIpc) is 2.55. The Balaban J connectivity index is 1.92. The lowest BCUT2D eigenvalue weighted by Crippen LogP contribution is -2.27. The van der Waals surface area contributed by atoms with E-state index in [1.807, 2.05) is 0 Å². The zero-order valence-electron chi connectivity index (χ0n) is 6.53. The van der Waals surface area contributed by atoms with Gasteiger partial charge in [0, 0.05) is 5.92 Å². The molecule has 2 fully saturated rings. The normalized spacial score (nSPS) is 40.1. The van der Waals surface area contributed by atoms with E-state index in [2.05, 4.69) is 0 Å². The largest absolute Gasteiger partial charge is 0.393 e. The fourth-order valence-electron chi connectivity index (χ4n) is 1.91. The molecule has 0 aromatic carbocycles. The van der Waals surface area contributed by atoms with Crippen LogP contribution in [0, 0.1) is 5.92 Å². The summed E-state index contributed by atoms with van der Waals surface area (Å²) >= 11 is 0. The summed E-state index contributed by atoms with van der Waals surface area (Å²) in [6, 6.07) is 0. The van der Waals surface area contributed by atoms with Gasteiger partial charge in [0.15, 0.2) is 6.29 Å². The van der Waals surface area contributed by atoms with E-state index in [0.717, 1.165) is 19.3 Å². The number of aliphatic hydroxyl groups excluding tert-OH is 1. The summed E-state index contributed by atoms with van der Waals surface area (Å²) in [5, 5.41) is 9.49. The van der Waals surface area contributed by atoms with Gasteiger partial charge in [0.1, 0.15) is 0 Å². The van der Waals surface area contributed by atoms with E-state index in [1.165, 1.54) is 0 Å². The molecular weight excluding hydrogens is 144 g/mol. The molecule has 1 heterocycles. The minimum Gasteiger partial charge on any atom is -0.393 e. The Hall–Kier alpha value is -0.120. The Kier molecular flexibility index (Phi) is 2.11. The Morgan fingerprint density at radius 3 is 2.36 bits per heavy atom. The lowest BCUT2D eigenvalue weighted by Gasteiger charge is -2.19.